The van der Waals surface area contributed by atoms with E-state index in [4.69, 9.17) is 0 Å². The van der Waals surface area contributed by atoms with E-state index in [1.165, 1.54) is 321 Å². The lowest BCUT2D eigenvalue weighted by molar-refractivity contribution is -0.123. The van der Waals surface area contributed by atoms with Gasteiger partial charge in [0.25, 0.3) is 0 Å². The molecule has 0 aromatic carbocycles. The number of rotatable bonds is 59. The van der Waals surface area contributed by atoms with Crippen molar-refractivity contribution >= 4 is 5.91 Å². The smallest absolute Gasteiger partial charge is 0.220 e. The Balaban J connectivity index is 3.33. The van der Waals surface area contributed by atoms with Crippen molar-refractivity contribution < 1.29 is 15.0 Å². The van der Waals surface area contributed by atoms with E-state index < -0.39 is 12.1 Å². The van der Waals surface area contributed by atoms with Crippen LogP contribution in [0, 0.1) is 0 Å². The van der Waals surface area contributed by atoms with Crippen molar-refractivity contribution in [1.82, 2.24) is 5.32 Å². The van der Waals surface area contributed by atoms with Crippen molar-refractivity contribution in [1.29, 1.82) is 0 Å². The minimum atomic E-state index is -0.835. The molecule has 1 amide bonds. The van der Waals surface area contributed by atoms with Crippen LogP contribution in [0.1, 0.15) is 367 Å². The van der Waals surface area contributed by atoms with Crippen molar-refractivity contribution in [2.45, 2.75) is 379 Å². The van der Waals surface area contributed by atoms with E-state index in [1.807, 2.05) is 6.08 Å². The zero-order valence-electron chi connectivity index (χ0n) is 46.2. The Labute approximate surface area is 422 Å². The molecular weight excluding hydrogens is 819 g/mol. The second kappa shape index (κ2) is 59.4. The summed E-state index contributed by atoms with van der Waals surface area (Å²) in [6, 6.07) is -0.618. The Hall–Kier alpha value is -0.870. The summed E-state index contributed by atoms with van der Waals surface area (Å²) in [4.78, 5) is 12.5. The van der Waals surface area contributed by atoms with Crippen molar-refractivity contribution in [2.75, 3.05) is 6.61 Å². The molecule has 0 saturated heterocycles. The predicted molar refractivity (Wildman–Crippen MR) is 299 cm³/mol. The maximum atomic E-state index is 12.5. The third kappa shape index (κ3) is 55.9. The highest BCUT2D eigenvalue weighted by Crippen LogP contribution is 2.19. The third-order valence-electron chi connectivity index (χ3n) is 15.0. The molecule has 0 aliphatic carbocycles. The molecule has 0 fully saturated rings. The Morgan fingerprint density at radius 2 is 0.552 bits per heavy atom. The van der Waals surface area contributed by atoms with Crippen molar-refractivity contribution in [3.63, 3.8) is 0 Å². The standard InChI is InChI=1S/C63H125NO3/c1-3-5-7-9-11-13-15-17-19-20-21-22-23-24-25-26-27-28-29-30-31-32-33-34-35-36-37-38-39-40-41-42-43-45-47-49-51-53-55-57-59-63(67)64-61(60-65)62(66)58-56-54-52-50-48-46-44-18-16-14-12-10-8-6-4-2/h56,58,61-62,65-66H,3-55,57,59-60H2,1-2H3,(H,64,67)/b58-56+. The van der Waals surface area contributed by atoms with Gasteiger partial charge in [0.15, 0.2) is 0 Å². The van der Waals surface area contributed by atoms with Gasteiger partial charge < -0.3 is 15.5 Å². The normalized spacial score (nSPS) is 12.7. The molecule has 0 aromatic rings. The third-order valence-corrected chi connectivity index (χ3v) is 15.0. The van der Waals surface area contributed by atoms with Crippen LogP contribution >= 0.6 is 0 Å². The molecule has 0 aliphatic rings. The molecule has 0 bridgehead atoms. The first-order valence-corrected chi connectivity index (χ1v) is 31.4. The van der Waals surface area contributed by atoms with Gasteiger partial charge in [-0.2, -0.15) is 0 Å². The molecule has 4 heteroatoms. The van der Waals surface area contributed by atoms with Gasteiger partial charge in [-0.3, -0.25) is 4.79 Å². The molecule has 3 N–H and O–H groups in total. The lowest BCUT2D eigenvalue weighted by Crippen LogP contribution is -2.45. The van der Waals surface area contributed by atoms with Crippen LogP contribution in [0.3, 0.4) is 0 Å². The van der Waals surface area contributed by atoms with Gasteiger partial charge in [-0.05, 0) is 19.3 Å². The molecule has 0 spiro atoms. The van der Waals surface area contributed by atoms with Crippen LogP contribution in [-0.2, 0) is 4.79 Å². The SMILES string of the molecule is CCCCCCCCCCCCCCC/C=C/C(O)C(CO)NC(=O)CCCCCCCCCCCCCCCCCCCCCCCCCCCCCCCCCCCCCCCCCC. The quantitative estimate of drug-likeness (QED) is 0.0420. The van der Waals surface area contributed by atoms with E-state index in [0.717, 1.165) is 25.7 Å². The molecule has 0 heterocycles. The maximum absolute atomic E-state index is 12.5. The number of carbonyl (C=O) groups is 1. The van der Waals surface area contributed by atoms with Crippen LogP contribution in [0.2, 0.25) is 0 Å². The molecule has 2 unspecified atom stereocenters. The molecule has 400 valence electrons. The summed E-state index contributed by atoms with van der Waals surface area (Å²) in [5.74, 6) is -0.0559. The first-order valence-electron chi connectivity index (χ1n) is 31.4. The first kappa shape index (κ1) is 66.1. The number of aliphatic hydroxyl groups excluding tert-OH is 2. The molecule has 0 saturated carbocycles. The van der Waals surface area contributed by atoms with E-state index in [-0.39, 0.29) is 12.5 Å². The summed E-state index contributed by atoms with van der Waals surface area (Å²) in [6.07, 6.45) is 78.6. The van der Waals surface area contributed by atoms with Gasteiger partial charge in [0.2, 0.25) is 5.91 Å². The molecule has 0 aliphatic heterocycles. The van der Waals surface area contributed by atoms with Gasteiger partial charge in [0, 0.05) is 6.42 Å². The van der Waals surface area contributed by atoms with Crippen LogP contribution in [0.25, 0.3) is 0 Å². The average Bonchev–Trinajstić information content (AvgIpc) is 3.33. The van der Waals surface area contributed by atoms with Crippen LogP contribution in [0.15, 0.2) is 12.2 Å². The molecular formula is C63H125NO3. The van der Waals surface area contributed by atoms with E-state index in [9.17, 15) is 15.0 Å². The highest BCUT2D eigenvalue weighted by Gasteiger charge is 2.18. The zero-order chi connectivity index (χ0) is 48.5. The summed E-state index contributed by atoms with van der Waals surface area (Å²) < 4.78 is 0. The van der Waals surface area contributed by atoms with Gasteiger partial charge in [0.1, 0.15) is 0 Å². The number of hydrogen-bond acceptors (Lipinski definition) is 3. The zero-order valence-corrected chi connectivity index (χ0v) is 46.2. The second-order valence-electron chi connectivity index (χ2n) is 21.8. The molecule has 0 rings (SSSR count). The molecule has 2 atom stereocenters. The fraction of sp³-hybridized carbons (Fsp3) is 0.952. The summed E-state index contributed by atoms with van der Waals surface area (Å²) in [5.41, 5.74) is 0. The fourth-order valence-corrected chi connectivity index (χ4v) is 10.2. The second-order valence-corrected chi connectivity index (χ2v) is 21.8. The van der Waals surface area contributed by atoms with E-state index in [1.54, 1.807) is 6.08 Å². The minimum absolute atomic E-state index is 0.0559. The van der Waals surface area contributed by atoms with Gasteiger partial charge >= 0.3 is 0 Å². The van der Waals surface area contributed by atoms with Gasteiger partial charge in [-0.1, -0.05) is 353 Å². The largest absolute Gasteiger partial charge is 0.394 e. The maximum Gasteiger partial charge on any atom is 0.220 e. The number of nitrogens with one attached hydrogen (secondary N) is 1. The monoisotopic (exact) mass is 944 g/mol. The Morgan fingerprint density at radius 3 is 0.776 bits per heavy atom. The highest BCUT2D eigenvalue weighted by atomic mass is 16.3. The number of hydrogen-bond donors (Lipinski definition) is 3. The average molecular weight is 945 g/mol. The van der Waals surface area contributed by atoms with E-state index >= 15 is 0 Å². The van der Waals surface area contributed by atoms with Crippen molar-refractivity contribution in [3.05, 3.63) is 12.2 Å². The molecule has 0 aromatic heterocycles. The van der Waals surface area contributed by atoms with Crippen LogP contribution in [0.4, 0.5) is 0 Å². The van der Waals surface area contributed by atoms with Crippen LogP contribution in [0.5, 0.6) is 0 Å². The van der Waals surface area contributed by atoms with Crippen LogP contribution < -0.4 is 5.32 Å². The van der Waals surface area contributed by atoms with Crippen molar-refractivity contribution in [3.8, 4) is 0 Å². The van der Waals surface area contributed by atoms with Gasteiger partial charge in [-0.15, -0.1) is 0 Å². The number of aliphatic hydroxyl groups is 2. The van der Waals surface area contributed by atoms with Gasteiger partial charge in [0.05, 0.1) is 18.8 Å². The van der Waals surface area contributed by atoms with Crippen molar-refractivity contribution in [2.24, 2.45) is 0 Å². The highest BCUT2D eigenvalue weighted by molar-refractivity contribution is 5.76. The Bertz CT molecular complexity index is 936. The first-order chi connectivity index (χ1) is 33.2. The molecule has 67 heavy (non-hydrogen) atoms. The predicted octanol–water partition coefficient (Wildman–Crippen LogP) is 20.9. The number of amides is 1. The fourth-order valence-electron chi connectivity index (χ4n) is 10.2. The number of unbranched alkanes of at least 4 members (excludes halogenated alkanes) is 52. The summed E-state index contributed by atoms with van der Waals surface area (Å²) >= 11 is 0. The lowest BCUT2D eigenvalue weighted by Gasteiger charge is -2.20. The topological polar surface area (TPSA) is 69.6 Å². The Morgan fingerprint density at radius 1 is 0.343 bits per heavy atom. The Kier molecular flexibility index (Phi) is 58.7. The number of carbonyl (C=O) groups excluding carboxylic acids is 1. The van der Waals surface area contributed by atoms with E-state index in [2.05, 4.69) is 19.2 Å². The van der Waals surface area contributed by atoms with E-state index in [0.29, 0.717) is 6.42 Å². The number of allylic oxidation sites excluding steroid dienone is 1. The molecule has 0 radical (unpaired) electrons. The summed E-state index contributed by atoms with van der Waals surface area (Å²) in [5, 5.41) is 23.1. The minimum Gasteiger partial charge on any atom is -0.394 e. The molecule has 4 nitrogen and oxygen atoms in total. The summed E-state index contributed by atoms with van der Waals surface area (Å²) in [7, 11) is 0. The summed E-state index contributed by atoms with van der Waals surface area (Å²) in [6.45, 7) is 4.35. The lowest BCUT2D eigenvalue weighted by atomic mass is 10.0. The van der Waals surface area contributed by atoms with Gasteiger partial charge in [-0.25, -0.2) is 0 Å². The van der Waals surface area contributed by atoms with Crippen LogP contribution in [-0.4, -0.2) is 34.9 Å².